The molecule has 2 aliphatic rings. The molecule has 2 saturated carbocycles. The van der Waals surface area contributed by atoms with Crippen LogP contribution >= 0.6 is 0 Å². The van der Waals surface area contributed by atoms with Crippen LogP contribution in [0.3, 0.4) is 0 Å². The highest BCUT2D eigenvalue weighted by Gasteiger charge is 2.54. The van der Waals surface area contributed by atoms with E-state index in [2.05, 4.69) is 13.8 Å². The number of Topliss-reactive ketones (excluding diaryl/α,β-unsaturated/α-hetero) is 1. The van der Waals surface area contributed by atoms with E-state index in [-0.39, 0.29) is 35.1 Å². The van der Waals surface area contributed by atoms with Crippen LogP contribution in [0.15, 0.2) is 0 Å². The lowest BCUT2D eigenvalue weighted by molar-refractivity contribution is -0.155. The second-order valence-electron chi connectivity index (χ2n) is 7.35. The molecule has 0 aliphatic heterocycles. The van der Waals surface area contributed by atoms with Gasteiger partial charge in [-0.25, -0.2) is 0 Å². The molecule has 0 saturated heterocycles. The van der Waals surface area contributed by atoms with Gasteiger partial charge in [-0.15, -0.1) is 0 Å². The Bertz CT molecular complexity index is 344. The van der Waals surface area contributed by atoms with Crippen molar-refractivity contribution >= 4 is 5.78 Å². The van der Waals surface area contributed by atoms with Crippen LogP contribution < -0.4 is 0 Å². The molecule has 2 N–H and O–H groups in total. The summed E-state index contributed by atoms with van der Waals surface area (Å²) in [6.07, 6.45) is 2.85. The van der Waals surface area contributed by atoms with E-state index in [1.54, 1.807) is 13.8 Å². The summed E-state index contributed by atoms with van der Waals surface area (Å²) < 4.78 is 0. The molecule has 5 atom stereocenters. The van der Waals surface area contributed by atoms with Gasteiger partial charge in [-0.05, 0) is 50.9 Å². The van der Waals surface area contributed by atoms with Gasteiger partial charge in [0.05, 0.1) is 11.7 Å². The fourth-order valence-corrected chi connectivity index (χ4v) is 4.42. The Labute approximate surface area is 110 Å². The quantitative estimate of drug-likeness (QED) is 0.754. The number of aliphatic hydroxyl groups excluding tert-OH is 1. The molecule has 0 amide bonds. The van der Waals surface area contributed by atoms with Crippen molar-refractivity contribution in [3.8, 4) is 0 Å². The molecule has 0 aromatic heterocycles. The number of ketones is 1. The Morgan fingerprint density at radius 3 is 2.56 bits per heavy atom. The fraction of sp³-hybridized carbons (Fsp3) is 0.933. The highest BCUT2D eigenvalue weighted by atomic mass is 16.3. The number of rotatable bonds is 1. The second kappa shape index (κ2) is 4.31. The number of hydrogen-bond acceptors (Lipinski definition) is 3. The Morgan fingerprint density at radius 1 is 1.39 bits per heavy atom. The van der Waals surface area contributed by atoms with Crippen LogP contribution in [0.25, 0.3) is 0 Å². The number of carbonyl (C=O) groups is 1. The molecule has 2 rings (SSSR count). The molecule has 0 unspecified atom stereocenters. The lowest BCUT2D eigenvalue weighted by atomic mass is 9.52. The molecule has 2 aliphatic carbocycles. The molecule has 3 heteroatoms. The third-order valence-electron chi connectivity index (χ3n) is 5.17. The molecule has 0 heterocycles. The largest absolute Gasteiger partial charge is 0.393 e. The third kappa shape index (κ3) is 2.23. The highest BCUT2D eigenvalue weighted by Crippen LogP contribution is 2.53. The van der Waals surface area contributed by atoms with Crippen molar-refractivity contribution in [2.75, 3.05) is 0 Å². The van der Waals surface area contributed by atoms with Crippen molar-refractivity contribution in [2.24, 2.45) is 23.2 Å². The average molecular weight is 254 g/mol. The summed E-state index contributed by atoms with van der Waals surface area (Å²) in [5.74, 6) is 0.200. The zero-order valence-corrected chi connectivity index (χ0v) is 11.9. The van der Waals surface area contributed by atoms with Crippen LogP contribution in [0.4, 0.5) is 0 Å². The molecule has 0 aromatic rings. The van der Waals surface area contributed by atoms with E-state index in [0.717, 1.165) is 19.3 Å². The van der Waals surface area contributed by atoms with Gasteiger partial charge in [-0.3, -0.25) is 4.79 Å². The minimum atomic E-state index is -0.922. The monoisotopic (exact) mass is 254 g/mol. The maximum atomic E-state index is 12.7. The summed E-state index contributed by atoms with van der Waals surface area (Å²) in [4.78, 5) is 12.7. The molecule has 0 radical (unpaired) electrons. The summed E-state index contributed by atoms with van der Waals surface area (Å²) in [5.41, 5.74) is -0.996. The minimum absolute atomic E-state index is 0.00562. The Hall–Kier alpha value is -0.410. The van der Waals surface area contributed by atoms with Gasteiger partial charge in [-0.2, -0.15) is 0 Å². The lowest BCUT2D eigenvalue weighted by Crippen LogP contribution is -2.54. The van der Waals surface area contributed by atoms with Crippen molar-refractivity contribution in [1.82, 2.24) is 0 Å². The SMILES string of the molecule is C[C@@H]1C[C@H](O)C[C@]2(C)CC[C@@H](C(C)(C)O)C(=O)[C@@H]12. The van der Waals surface area contributed by atoms with Crippen LogP contribution in [0.5, 0.6) is 0 Å². The van der Waals surface area contributed by atoms with Crippen molar-refractivity contribution in [2.45, 2.75) is 65.1 Å². The van der Waals surface area contributed by atoms with Crippen molar-refractivity contribution in [3.05, 3.63) is 0 Å². The predicted octanol–water partition coefficient (Wildman–Crippen LogP) is 2.15. The third-order valence-corrected chi connectivity index (χ3v) is 5.17. The van der Waals surface area contributed by atoms with Crippen molar-refractivity contribution < 1.29 is 15.0 Å². The minimum Gasteiger partial charge on any atom is -0.393 e. The van der Waals surface area contributed by atoms with Gasteiger partial charge in [0.1, 0.15) is 5.78 Å². The van der Waals surface area contributed by atoms with Crippen LogP contribution in [-0.4, -0.2) is 27.7 Å². The molecular formula is C15H26O3. The van der Waals surface area contributed by atoms with Gasteiger partial charge in [0.25, 0.3) is 0 Å². The summed E-state index contributed by atoms with van der Waals surface area (Å²) in [6.45, 7) is 7.67. The van der Waals surface area contributed by atoms with E-state index >= 15 is 0 Å². The lowest BCUT2D eigenvalue weighted by Gasteiger charge is -2.52. The van der Waals surface area contributed by atoms with Crippen LogP contribution in [-0.2, 0) is 4.79 Å². The van der Waals surface area contributed by atoms with Crippen molar-refractivity contribution in [3.63, 3.8) is 0 Å². The summed E-state index contributed by atoms with van der Waals surface area (Å²) in [5, 5.41) is 20.1. The van der Waals surface area contributed by atoms with Crippen LogP contribution in [0.2, 0.25) is 0 Å². The molecule has 2 fully saturated rings. The van der Waals surface area contributed by atoms with Crippen LogP contribution in [0.1, 0.15) is 53.4 Å². The Balaban J connectivity index is 2.28. The first-order valence-corrected chi connectivity index (χ1v) is 7.09. The first-order valence-electron chi connectivity index (χ1n) is 7.09. The van der Waals surface area contributed by atoms with E-state index in [4.69, 9.17) is 0 Å². The first kappa shape index (κ1) is 14.0. The second-order valence-corrected chi connectivity index (χ2v) is 7.35. The van der Waals surface area contributed by atoms with E-state index in [1.165, 1.54) is 0 Å². The van der Waals surface area contributed by atoms with Gasteiger partial charge >= 0.3 is 0 Å². The summed E-state index contributed by atoms with van der Waals surface area (Å²) >= 11 is 0. The van der Waals surface area contributed by atoms with Gasteiger partial charge in [0, 0.05) is 11.8 Å². The number of aliphatic hydroxyl groups is 2. The Morgan fingerprint density at radius 2 is 2.00 bits per heavy atom. The molecule has 3 nitrogen and oxygen atoms in total. The molecule has 0 bridgehead atoms. The standard InChI is InChI=1S/C15H26O3/c1-9-7-10(16)8-15(4)6-5-11(14(2,3)18)13(17)12(9)15/h9-12,16,18H,5-8H2,1-4H3/t9-,10+,11-,12-,15+/m1/s1. The molecule has 18 heavy (non-hydrogen) atoms. The van der Waals surface area contributed by atoms with E-state index in [1.807, 2.05) is 0 Å². The fourth-order valence-electron chi connectivity index (χ4n) is 4.42. The molecule has 104 valence electrons. The van der Waals surface area contributed by atoms with Gasteiger partial charge in [0.15, 0.2) is 0 Å². The van der Waals surface area contributed by atoms with Gasteiger partial charge in [-0.1, -0.05) is 13.8 Å². The summed E-state index contributed by atoms with van der Waals surface area (Å²) in [7, 11) is 0. The molecule has 0 spiro atoms. The van der Waals surface area contributed by atoms with Gasteiger partial charge in [0.2, 0.25) is 0 Å². The average Bonchev–Trinajstić information content (AvgIpc) is 2.12. The maximum Gasteiger partial charge on any atom is 0.142 e. The predicted molar refractivity (Wildman–Crippen MR) is 70.0 cm³/mol. The number of hydrogen-bond donors (Lipinski definition) is 2. The van der Waals surface area contributed by atoms with E-state index in [9.17, 15) is 15.0 Å². The zero-order valence-electron chi connectivity index (χ0n) is 11.9. The first-order chi connectivity index (χ1) is 8.15. The normalized spacial score (nSPS) is 45.8. The van der Waals surface area contributed by atoms with Gasteiger partial charge < -0.3 is 10.2 Å². The van der Waals surface area contributed by atoms with E-state index in [0.29, 0.717) is 6.42 Å². The van der Waals surface area contributed by atoms with Crippen LogP contribution in [0, 0.1) is 23.2 Å². The van der Waals surface area contributed by atoms with E-state index < -0.39 is 5.60 Å². The molecule has 0 aromatic carbocycles. The maximum absolute atomic E-state index is 12.7. The summed E-state index contributed by atoms with van der Waals surface area (Å²) in [6, 6.07) is 0. The zero-order chi connectivity index (χ0) is 13.7. The van der Waals surface area contributed by atoms with Crippen molar-refractivity contribution in [1.29, 1.82) is 0 Å². The molecular weight excluding hydrogens is 228 g/mol. The highest BCUT2D eigenvalue weighted by molar-refractivity contribution is 5.86. The Kier molecular flexibility index (Phi) is 3.35. The number of carbonyl (C=O) groups excluding carboxylic acids is 1. The number of fused-ring (bicyclic) bond motifs is 1. The smallest absolute Gasteiger partial charge is 0.142 e. The topological polar surface area (TPSA) is 57.5 Å².